The van der Waals surface area contributed by atoms with Crippen LogP contribution in [-0.2, 0) is 11.3 Å². The lowest BCUT2D eigenvalue weighted by Crippen LogP contribution is -2.24. The average molecular weight is 329 g/mol. The van der Waals surface area contributed by atoms with Crippen LogP contribution in [0.5, 0.6) is 0 Å². The summed E-state index contributed by atoms with van der Waals surface area (Å²) in [4.78, 5) is 2.38. The van der Waals surface area contributed by atoms with Crippen LogP contribution in [0.2, 0.25) is 0 Å². The highest BCUT2D eigenvalue weighted by Crippen LogP contribution is 2.36. The number of nitrogens with zero attached hydrogens (tertiary/aromatic N) is 3. The lowest BCUT2D eigenvalue weighted by Gasteiger charge is -2.21. The molecule has 0 aliphatic carbocycles. The van der Waals surface area contributed by atoms with Crippen molar-refractivity contribution in [2.45, 2.75) is 32.0 Å². The summed E-state index contributed by atoms with van der Waals surface area (Å²) < 4.78 is 12.6. The minimum atomic E-state index is 0.125. The minimum absolute atomic E-state index is 0.125. The molecule has 1 aliphatic heterocycles. The second-order valence-corrected chi connectivity index (χ2v) is 6.87. The van der Waals surface area contributed by atoms with Crippen molar-refractivity contribution in [3.63, 3.8) is 0 Å². The van der Waals surface area contributed by atoms with Crippen molar-refractivity contribution in [3.05, 3.63) is 47.0 Å². The molecule has 3 aromatic rings. The van der Waals surface area contributed by atoms with E-state index in [-0.39, 0.29) is 12.1 Å². The first-order chi connectivity index (χ1) is 11.2. The van der Waals surface area contributed by atoms with Gasteiger partial charge in [0.2, 0.25) is 11.8 Å². The van der Waals surface area contributed by atoms with Gasteiger partial charge in [-0.2, -0.15) is 0 Å². The van der Waals surface area contributed by atoms with Crippen molar-refractivity contribution in [1.82, 2.24) is 15.1 Å². The molecule has 5 nitrogen and oxygen atoms in total. The smallest absolute Gasteiger partial charge is 0.233 e. The van der Waals surface area contributed by atoms with Crippen LogP contribution in [0.25, 0.3) is 10.1 Å². The number of hydrogen-bond acceptors (Lipinski definition) is 6. The fourth-order valence-electron chi connectivity index (χ4n) is 3.28. The molecule has 4 rings (SSSR count). The highest BCUT2D eigenvalue weighted by Gasteiger charge is 2.36. The minimum Gasteiger partial charge on any atom is -0.424 e. The number of rotatable bonds is 4. The van der Waals surface area contributed by atoms with Crippen molar-refractivity contribution < 1.29 is 9.15 Å². The fraction of sp³-hybridized carbons (Fsp3) is 0.412. The predicted octanol–water partition coefficient (Wildman–Crippen LogP) is 3.55. The molecule has 0 amide bonds. The number of likely N-dealkylation sites (tertiary alicyclic amines) is 1. The maximum Gasteiger partial charge on any atom is 0.233 e. The van der Waals surface area contributed by atoms with E-state index in [2.05, 4.69) is 44.7 Å². The van der Waals surface area contributed by atoms with Gasteiger partial charge in [-0.1, -0.05) is 18.2 Å². The van der Waals surface area contributed by atoms with Gasteiger partial charge in [0.15, 0.2) is 0 Å². The van der Waals surface area contributed by atoms with Crippen LogP contribution in [0.3, 0.4) is 0 Å². The topological polar surface area (TPSA) is 51.4 Å². The van der Waals surface area contributed by atoms with Gasteiger partial charge in [-0.05, 0) is 28.8 Å². The Labute approximate surface area is 138 Å². The summed E-state index contributed by atoms with van der Waals surface area (Å²) in [7, 11) is 1.77. The van der Waals surface area contributed by atoms with Crippen LogP contribution in [0.1, 0.15) is 29.8 Å². The van der Waals surface area contributed by atoms with Crippen molar-refractivity contribution in [1.29, 1.82) is 0 Å². The monoisotopic (exact) mass is 329 g/mol. The molecule has 23 heavy (non-hydrogen) atoms. The highest BCUT2D eigenvalue weighted by molar-refractivity contribution is 7.17. The summed E-state index contributed by atoms with van der Waals surface area (Å²) in [5.74, 6) is 1.31. The van der Waals surface area contributed by atoms with E-state index >= 15 is 0 Å². The van der Waals surface area contributed by atoms with Gasteiger partial charge in [-0.15, -0.1) is 21.5 Å². The molecule has 1 fully saturated rings. The molecule has 1 aromatic carbocycles. The van der Waals surface area contributed by atoms with Gasteiger partial charge in [0.1, 0.15) is 0 Å². The molecule has 0 radical (unpaired) electrons. The Balaban J connectivity index is 1.62. The number of methoxy groups -OCH3 is 1. The zero-order chi connectivity index (χ0) is 15.8. The molecule has 3 heterocycles. The van der Waals surface area contributed by atoms with E-state index in [0.29, 0.717) is 11.8 Å². The van der Waals surface area contributed by atoms with Crippen LogP contribution in [0.15, 0.2) is 34.1 Å². The van der Waals surface area contributed by atoms with Gasteiger partial charge < -0.3 is 9.15 Å². The van der Waals surface area contributed by atoms with E-state index < -0.39 is 0 Å². The Morgan fingerprint density at radius 3 is 3.00 bits per heavy atom. The number of benzene rings is 1. The number of ether oxygens (including phenoxy) is 1. The standard InChI is InChI=1S/C17H19N3O2S/c1-11-18-19-17(22-11)15-7-13(21-2)9-20(15)8-12-10-23-16-6-4-3-5-14(12)16/h3-6,10,13,15H,7-9H2,1-2H3/t13-,15+/m0/s1. The van der Waals surface area contributed by atoms with Crippen LogP contribution in [0, 0.1) is 6.92 Å². The predicted molar refractivity (Wildman–Crippen MR) is 89.4 cm³/mol. The summed E-state index contributed by atoms with van der Waals surface area (Å²) >= 11 is 1.80. The SMILES string of the molecule is CO[C@H]1C[C@H](c2nnc(C)o2)N(Cc2csc3ccccc23)C1. The first kappa shape index (κ1) is 14.8. The summed E-state index contributed by atoms with van der Waals surface area (Å²) in [5.41, 5.74) is 1.35. The van der Waals surface area contributed by atoms with Crippen LogP contribution in [-0.4, -0.2) is 34.9 Å². The van der Waals surface area contributed by atoms with Crippen LogP contribution < -0.4 is 0 Å². The third-order valence-corrected chi connectivity index (χ3v) is 5.47. The summed E-state index contributed by atoms with van der Waals surface area (Å²) in [6.07, 6.45) is 1.09. The number of aryl methyl sites for hydroxylation is 1. The average Bonchev–Trinajstić information content (AvgIpc) is 3.27. The van der Waals surface area contributed by atoms with E-state index in [1.54, 1.807) is 18.4 Å². The van der Waals surface area contributed by atoms with Gasteiger partial charge in [0, 0.05) is 31.8 Å². The molecule has 0 N–H and O–H groups in total. The molecule has 0 bridgehead atoms. The zero-order valence-electron chi connectivity index (χ0n) is 13.2. The number of hydrogen-bond donors (Lipinski definition) is 0. The van der Waals surface area contributed by atoms with Crippen molar-refractivity contribution in [2.24, 2.45) is 0 Å². The van der Waals surface area contributed by atoms with Crippen LogP contribution >= 0.6 is 11.3 Å². The highest BCUT2D eigenvalue weighted by atomic mass is 32.1. The molecular weight excluding hydrogens is 310 g/mol. The molecule has 0 spiro atoms. The van der Waals surface area contributed by atoms with E-state index in [0.717, 1.165) is 19.5 Å². The van der Waals surface area contributed by atoms with Crippen LogP contribution in [0.4, 0.5) is 0 Å². The Hall–Kier alpha value is -1.76. The van der Waals surface area contributed by atoms with Crippen molar-refractivity contribution >= 4 is 21.4 Å². The third kappa shape index (κ3) is 2.78. The van der Waals surface area contributed by atoms with E-state index in [4.69, 9.17) is 9.15 Å². The lowest BCUT2D eigenvalue weighted by molar-refractivity contribution is 0.107. The lowest BCUT2D eigenvalue weighted by atomic mass is 10.1. The molecule has 2 atom stereocenters. The van der Waals surface area contributed by atoms with E-state index in [1.807, 2.05) is 6.92 Å². The third-order valence-electron chi connectivity index (χ3n) is 4.46. The maximum atomic E-state index is 5.68. The Morgan fingerprint density at radius 2 is 2.22 bits per heavy atom. The van der Waals surface area contributed by atoms with Gasteiger partial charge >= 0.3 is 0 Å². The molecule has 0 saturated carbocycles. The van der Waals surface area contributed by atoms with E-state index in [9.17, 15) is 0 Å². The molecule has 2 aromatic heterocycles. The quantitative estimate of drug-likeness (QED) is 0.732. The van der Waals surface area contributed by atoms with E-state index in [1.165, 1.54) is 15.6 Å². The zero-order valence-corrected chi connectivity index (χ0v) is 14.0. The summed E-state index contributed by atoms with van der Waals surface area (Å²) in [6, 6.07) is 8.67. The molecule has 120 valence electrons. The number of thiophene rings is 1. The van der Waals surface area contributed by atoms with Crippen molar-refractivity contribution in [2.75, 3.05) is 13.7 Å². The Kier molecular flexibility index (Phi) is 3.88. The van der Waals surface area contributed by atoms with Crippen molar-refractivity contribution in [3.8, 4) is 0 Å². The normalized spacial score (nSPS) is 22.2. The van der Waals surface area contributed by atoms with Gasteiger partial charge in [0.25, 0.3) is 0 Å². The van der Waals surface area contributed by atoms with Gasteiger partial charge in [-0.25, -0.2) is 0 Å². The second kappa shape index (κ2) is 6.03. The summed E-state index contributed by atoms with van der Waals surface area (Å²) in [6.45, 7) is 3.58. The first-order valence-electron chi connectivity index (χ1n) is 7.76. The molecule has 0 unspecified atom stereocenters. The fourth-order valence-corrected chi connectivity index (χ4v) is 4.24. The first-order valence-corrected chi connectivity index (χ1v) is 8.64. The molecular formula is C17H19N3O2S. The Morgan fingerprint density at radius 1 is 1.35 bits per heavy atom. The Bertz CT molecular complexity index is 813. The number of aromatic nitrogens is 2. The molecule has 1 saturated heterocycles. The molecule has 6 heteroatoms. The maximum absolute atomic E-state index is 5.68. The summed E-state index contributed by atoms with van der Waals surface area (Å²) in [5, 5.41) is 11.8. The van der Waals surface area contributed by atoms with Gasteiger partial charge in [0.05, 0.1) is 12.1 Å². The largest absolute Gasteiger partial charge is 0.424 e. The van der Waals surface area contributed by atoms with Gasteiger partial charge in [-0.3, -0.25) is 4.90 Å². The molecule has 1 aliphatic rings. The number of fused-ring (bicyclic) bond motifs is 1. The second-order valence-electron chi connectivity index (χ2n) is 5.96.